The molecule has 5 heteroatoms. The van der Waals surface area contributed by atoms with Crippen LogP contribution in [0.25, 0.3) is 20.2 Å². The number of rotatable bonds is 7. The number of thioether (sulfide) groups is 1. The minimum Gasteiger partial charge on any atom is -0.490 e. The van der Waals surface area contributed by atoms with E-state index in [4.69, 9.17) is 4.74 Å². The summed E-state index contributed by atoms with van der Waals surface area (Å²) in [6.45, 7) is 4.81. The predicted octanol–water partition coefficient (Wildman–Crippen LogP) is 8.43. The highest BCUT2D eigenvalue weighted by Crippen LogP contribution is 2.42. The molecule has 1 saturated carbocycles. The highest BCUT2D eigenvalue weighted by Gasteiger charge is 2.22. The third kappa shape index (κ3) is 4.27. The number of fused-ring (bicyclic) bond motifs is 3. The van der Waals surface area contributed by atoms with Gasteiger partial charge in [-0.3, -0.25) is 0 Å². The van der Waals surface area contributed by atoms with Crippen LogP contribution < -0.4 is 4.74 Å². The van der Waals surface area contributed by atoms with E-state index in [2.05, 4.69) is 6.92 Å². The smallest absolute Gasteiger partial charge is 0.182 e. The lowest BCUT2D eigenvalue weighted by molar-refractivity contribution is 0.175. The number of thiophene rings is 1. The van der Waals surface area contributed by atoms with Gasteiger partial charge in [-0.05, 0) is 48.6 Å². The molecule has 1 aliphatic carbocycles. The summed E-state index contributed by atoms with van der Waals surface area (Å²) in [7, 11) is 0. The van der Waals surface area contributed by atoms with Crippen LogP contribution in [0.2, 0.25) is 0 Å². The van der Waals surface area contributed by atoms with E-state index in [1.165, 1.54) is 61.6 Å². The summed E-state index contributed by atoms with van der Waals surface area (Å²) in [5, 5.41) is 1.55. The summed E-state index contributed by atoms with van der Waals surface area (Å²) in [6.07, 6.45) is 7.43. The van der Waals surface area contributed by atoms with Gasteiger partial charge in [0.15, 0.2) is 17.4 Å². The maximum absolute atomic E-state index is 15.2. The fraction of sp³-hybridized carbons (Fsp3) is 0.500. The molecule has 29 heavy (non-hydrogen) atoms. The molecule has 3 aromatic rings. The number of ether oxygens (including phenoxy) is 1. The summed E-state index contributed by atoms with van der Waals surface area (Å²) in [5.41, 5.74) is 0. The summed E-state index contributed by atoms with van der Waals surface area (Å²) in [4.78, 5) is 0.627. The molecule has 0 aliphatic heterocycles. The number of halogens is 2. The van der Waals surface area contributed by atoms with Crippen molar-refractivity contribution in [1.82, 2.24) is 0 Å². The Hall–Kier alpha value is -1.33. The lowest BCUT2D eigenvalue weighted by atomic mass is 9.80. The van der Waals surface area contributed by atoms with Gasteiger partial charge in [0.05, 0.1) is 16.0 Å². The molecule has 0 spiro atoms. The van der Waals surface area contributed by atoms with E-state index in [1.807, 2.05) is 19.1 Å². The first-order valence-electron chi connectivity index (χ1n) is 10.7. The van der Waals surface area contributed by atoms with Crippen LogP contribution in [0.1, 0.15) is 52.4 Å². The lowest BCUT2D eigenvalue weighted by Gasteiger charge is -2.28. The summed E-state index contributed by atoms with van der Waals surface area (Å²) in [6, 6.07) is 7.29. The minimum atomic E-state index is -0.354. The normalized spacial score (nSPS) is 19.9. The van der Waals surface area contributed by atoms with Crippen molar-refractivity contribution in [3.8, 4) is 5.75 Å². The van der Waals surface area contributed by atoms with Crippen molar-refractivity contribution in [3.05, 3.63) is 35.9 Å². The Kier molecular flexibility index (Phi) is 6.65. The van der Waals surface area contributed by atoms with Crippen LogP contribution in [0.4, 0.5) is 8.78 Å². The second kappa shape index (κ2) is 9.22. The van der Waals surface area contributed by atoms with E-state index in [0.29, 0.717) is 32.6 Å². The molecule has 1 heterocycles. The Labute approximate surface area is 179 Å². The molecule has 0 radical (unpaired) electrons. The molecular formula is C24H28F2OS2. The second-order valence-electron chi connectivity index (χ2n) is 8.03. The first kappa shape index (κ1) is 20.9. The van der Waals surface area contributed by atoms with Gasteiger partial charge in [-0.15, -0.1) is 23.1 Å². The molecule has 0 unspecified atom stereocenters. The monoisotopic (exact) mass is 434 g/mol. The van der Waals surface area contributed by atoms with Crippen LogP contribution in [0.5, 0.6) is 5.75 Å². The van der Waals surface area contributed by atoms with E-state index < -0.39 is 0 Å². The SMILES string of the molecule is CCCC1CCC(COc2ccc3c(sc4c(F)c(SCC)ccc43)c2F)CC1. The topological polar surface area (TPSA) is 9.23 Å². The zero-order chi connectivity index (χ0) is 20.4. The molecule has 1 aromatic heterocycles. The molecule has 1 aliphatic rings. The van der Waals surface area contributed by atoms with Crippen molar-refractivity contribution in [2.45, 2.75) is 57.3 Å². The van der Waals surface area contributed by atoms with Gasteiger partial charge in [0, 0.05) is 15.7 Å². The quantitative estimate of drug-likeness (QED) is 0.345. The Bertz CT molecular complexity index is 990. The first-order chi connectivity index (χ1) is 14.1. The number of hydrogen-bond acceptors (Lipinski definition) is 3. The average Bonchev–Trinajstić information content (AvgIpc) is 3.11. The molecular weight excluding hydrogens is 406 g/mol. The Morgan fingerprint density at radius 2 is 1.59 bits per heavy atom. The molecule has 0 bridgehead atoms. The molecule has 4 rings (SSSR count). The molecule has 1 nitrogen and oxygen atoms in total. The highest BCUT2D eigenvalue weighted by atomic mass is 32.2. The first-order valence-corrected chi connectivity index (χ1v) is 12.5. The van der Waals surface area contributed by atoms with Crippen molar-refractivity contribution in [1.29, 1.82) is 0 Å². The van der Waals surface area contributed by atoms with Gasteiger partial charge in [0.1, 0.15) is 0 Å². The summed E-state index contributed by atoms with van der Waals surface area (Å²) < 4.78 is 36.9. The molecule has 156 valence electrons. The van der Waals surface area contributed by atoms with Gasteiger partial charge in [-0.2, -0.15) is 0 Å². The third-order valence-electron chi connectivity index (χ3n) is 6.06. The van der Waals surface area contributed by atoms with Gasteiger partial charge < -0.3 is 4.74 Å². The maximum atomic E-state index is 15.2. The Morgan fingerprint density at radius 1 is 0.931 bits per heavy atom. The standard InChI is InChI=1S/C24H28F2OS2/c1-3-5-15-6-8-16(9-7-15)14-27-19-12-10-17-18-11-13-20(28-4-2)22(26)24(18)29-23(17)21(19)25/h10-13,15-16H,3-9,14H2,1-2H3. The fourth-order valence-electron chi connectivity index (χ4n) is 4.48. The van der Waals surface area contributed by atoms with Crippen LogP contribution in [0.3, 0.4) is 0 Å². The number of benzene rings is 2. The largest absolute Gasteiger partial charge is 0.490 e. The fourth-order valence-corrected chi connectivity index (χ4v) is 6.42. The summed E-state index contributed by atoms with van der Waals surface area (Å²) >= 11 is 2.67. The van der Waals surface area contributed by atoms with E-state index in [1.54, 1.807) is 12.1 Å². The van der Waals surface area contributed by atoms with Gasteiger partial charge in [0.2, 0.25) is 0 Å². The van der Waals surface area contributed by atoms with Gasteiger partial charge in [-0.25, -0.2) is 8.78 Å². The zero-order valence-electron chi connectivity index (χ0n) is 17.1. The van der Waals surface area contributed by atoms with Crippen molar-refractivity contribution < 1.29 is 13.5 Å². The molecule has 0 amide bonds. The molecule has 0 N–H and O–H groups in total. The summed E-state index contributed by atoms with van der Waals surface area (Å²) in [5.74, 6) is 1.87. The van der Waals surface area contributed by atoms with E-state index in [0.717, 1.165) is 22.4 Å². The van der Waals surface area contributed by atoms with Crippen LogP contribution in [-0.4, -0.2) is 12.4 Å². The van der Waals surface area contributed by atoms with Crippen LogP contribution >= 0.6 is 23.1 Å². The molecule has 1 fully saturated rings. The third-order valence-corrected chi connectivity index (χ3v) is 8.18. The predicted molar refractivity (Wildman–Crippen MR) is 121 cm³/mol. The van der Waals surface area contributed by atoms with Gasteiger partial charge in [0.25, 0.3) is 0 Å². The highest BCUT2D eigenvalue weighted by molar-refractivity contribution is 7.99. The van der Waals surface area contributed by atoms with E-state index >= 15 is 4.39 Å². The van der Waals surface area contributed by atoms with Crippen molar-refractivity contribution in [2.24, 2.45) is 11.8 Å². The van der Waals surface area contributed by atoms with Crippen molar-refractivity contribution >= 4 is 43.3 Å². The van der Waals surface area contributed by atoms with Gasteiger partial charge >= 0.3 is 0 Å². The lowest BCUT2D eigenvalue weighted by Crippen LogP contribution is -2.20. The number of hydrogen-bond donors (Lipinski definition) is 0. The van der Waals surface area contributed by atoms with Gasteiger partial charge in [-0.1, -0.05) is 45.6 Å². The van der Waals surface area contributed by atoms with Crippen LogP contribution in [-0.2, 0) is 0 Å². The maximum Gasteiger partial charge on any atom is 0.182 e. The average molecular weight is 435 g/mol. The Morgan fingerprint density at radius 3 is 2.28 bits per heavy atom. The minimum absolute atomic E-state index is 0.235. The van der Waals surface area contributed by atoms with E-state index in [-0.39, 0.29) is 11.6 Å². The molecule has 0 atom stereocenters. The van der Waals surface area contributed by atoms with Crippen molar-refractivity contribution in [3.63, 3.8) is 0 Å². The van der Waals surface area contributed by atoms with E-state index in [9.17, 15) is 4.39 Å². The second-order valence-corrected chi connectivity index (χ2v) is 10.4. The zero-order valence-corrected chi connectivity index (χ0v) is 18.7. The molecule has 2 aromatic carbocycles. The van der Waals surface area contributed by atoms with Crippen LogP contribution in [0.15, 0.2) is 29.2 Å². The Balaban J connectivity index is 1.53. The molecule has 0 saturated heterocycles. The van der Waals surface area contributed by atoms with Crippen LogP contribution in [0, 0.1) is 23.5 Å². The van der Waals surface area contributed by atoms with Crippen molar-refractivity contribution in [2.75, 3.05) is 12.4 Å².